The number of hydrogen-bond donors (Lipinski definition) is 1. The third kappa shape index (κ3) is 4.69. The van der Waals surface area contributed by atoms with E-state index < -0.39 is 5.91 Å². The first kappa shape index (κ1) is 17.2. The van der Waals surface area contributed by atoms with Crippen molar-refractivity contribution in [2.75, 3.05) is 0 Å². The van der Waals surface area contributed by atoms with E-state index in [1.54, 1.807) is 11.6 Å². The van der Waals surface area contributed by atoms with Crippen molar-refractivity contribution in [3.05, 3.63) is 82.9 Å². The lowest BCUT2D eigenvalue weighted by Crippen LogP contribution is -2.05. The highest BCUT2D eigenvalue weighted by atomic mass is 16.1. The maximum atomic E-state index is 10.9. The van der Waals surface area contributed by atoms with Crippen LogP contribution in [-0.4, -0.2) is 5.91 Å². The first-order chi connectivity index (χ1) is 12.2. The second-order valence-electron chi connectivity index (χ2n) is 6.62. The summed E-state index contributed by atoms with van der Waals surface area (Å²) in [6.07, 6.45) is 10.8. The van der Waals surface area contributed by atoms with Gasteiger partial charge in [0.1, 0.15) is 0 Å². The fourth-order valence-electron chi connectivity index (χ4n) is 3.52. The Labute approximate surface area is 150 Å². The van der Waals surface area contributed by atoms with E-state index in [1.807, 2.05) is 0 Å². The summed E-state index contributed by atoms with van der Waals surface area (Å²) in [5.41, 5.74) is 11.7. The van der Waals surface area contributed by atoms with Crippen molar-refractivity contribution >= 4 is 17.6 Å². The first-order valence-electron chi connectivity index (χ1n) is 9.09. The lowest BCUT2D eigenvalue weighted by Gasteiger charge is -2.15. The van der Waals surface area contributed by atoms with Crippen molar-refractivity contribution in [2.24, 2.45) is 5.73 Å². The monoisotopic (exact) mass is 331 g/mol. The molecule has 0 unspecified atom stereocenters. The Morgan fingerprint density at radius 1 is 0.800 bits per heavy atom. The number of rotatable bonds is 4. The molecule has 1 fully saturated rings. The molecule has 2 nitrogen and oxygen atoms in total. The average molecular weight is 331 g/mol. The molecule has 0 bridgehead atoms. The predicted octanol–water partition coefficient (Wildman–Crippen LogP) is 5.34. The molecule has 1 amide bonds. The highest BCUT2D eigenvalue weighted by Crippen LogP contribution is 2.34. The smallest absolute Gasteiger partial charge is 0.241 e. The van der Waals surface area contributed by atoms with E-state index >= 15 is 0 Å². The molecule has 0 radical (unpaired) electrons. The van der Waals surface area contributed by atoms with E-state index in [2.05, 4.69) is 54.6 Å². The molecule has 0 atom stereocenters. The normalized spacial score (nSPS) is 15.1. The second-order valence-corrected chi connectivity index (χ2v) is 6.62. The van der Waals surface area contributed by atoms with Crippen molar-refractivity contribution in [1.82, 2.24) is 0 Å². The molecule has 0 aromatic heterocycles. The third-order valence-electron chi connectivity index (χ3n) is 4.76. The van der Waals surface area contributed by atoms with E-state index in [0.717, 1.165) is 5.56 Å². The summed E-state index contributed by atoms with van der Waals surface area (Å²) in [4.78, 5) is 10.9. The number of benzene rings is 2. The van der Waals surface area contributed by atoms with Gasteiger partial charge in [-0.2, -0.15) is 0 Å². The Kier molecular flexibility index (Phi) is 5.84. The third-order valence-corrected chi connectivity index (χ3v) is 4.76. The van der Waals surface area contributed by atoms with Gasteiger partial charge in [-0.3, -0.25) is 4.79 Å². The van der Waals surface area contributed by atoms with Gasteiger partial charge >= 0.3 is 0 Å². The van der Waals surface area contributed by atoms with Gasteiger partial charge in [0, 0.05) is 6.08 Å². The minimum absolute atomic E-state index is 0.422. The van der Waals surface area contributed by atoms with Gasteiger partial charge in [-0.15, -0.1) is 0 Å². The lowest BCUT2D eigenvalue weighted by atomic mass is 9.89. The molecule has 2 aromatic rings. The molecular formula is C23H25NO. The minimum atomic E-state index is -0.422. The van der Waals surface area contributed by atoms with Crippen molar-refractivity contribution in [3.8, 4) is 0 Å². The number of hydrogen-bond acceptors (Lipinski definition) is 1. The van der Waals surface area contributed by atoms with Crippen molar-refractivity contribution in [3.63, 3.8) is 0 Å². The summed E-state index contributed by atoms with van der Waals surface area (Å²) in [6.45, 7) is 0. The maximum absolute atomic E-state index is 10.9. The largest absolute Gasteiger partial charge is 0.366 e. The van der Waals surface area contributed by atoms with E-state index in [9.17, 15) is 4.79 Å². The molecule has 1 aliphatic rings. The second kappa shape index (κ2) is 8.48. The zero-order chi connectivity index (χ0) is 17.5. The summed E-state index contributed by atoms with van der Waals surface area (Å²) >= 11 is 0. The number of primary amides is 1. The molecule has 2 N–H and O–H groups in total. The summed E-state index contributed by atoms with van der Waals surface area (Å²) in [5.74, 6) is -0.422. The Morgan fingerprint density at radius 3 is 2.00 bits per heavy atom. The SMILES string of the molecule is NC(=O)/C=C/c1ccc(C(=C2CCCCCC2)c2ccccc2)cc1. The summed E-state index contributed by atoms with van der Waals surface area (Å²) in [6, 6.07) is 19.1. The molecule has 1 saturated carbocycles. The van der Waals surface area contributed by atoms with Gasteiger partial charge in [0.15, 0.2) is 0 Å². The van der Waals surface area contributed by atoms with Crippen LogP contribution >= 0.6 is 0 Å². The Morgan fingerprint density at radius 2 is 1.40 bits per heavy atom. The summed E-state index contributed by atoms with van der Waals surface area (Å²) in [5, 5.41) is 0. The van der Waals surface area contributed by atoms with E-state index in [1.165, 1.54) is 61.3 Å². The van der Waals surface area contributed by atoms with Crippen molar-refractivity contribution in [2.45, 2.75) is 38.5 Å². The fourth-order valence-corrected chi connectivity index (χ4v) is 3.52. The van der Waals surface area contributed by atoms with Gasteiger partial charge in [-0.25, -0.2) is 0 Å². The summed E-state index contributed by atoms with van der Waals surface area (Å²) in [7, 11) is 0. The molecule has 0 heterocycles. The van der Waals surface area contributed by atoms with Crippen LogP contribution in [0.15, 0.2) is 66.2 Å². The average Bonchev–Trinajstić information content (AvgIpc) is 2.91. The minimum Gasteiger partial charge on any atom is -0.366 e. The van der Waals surface area contributed by atoms with Crippen LogP contribution in [0.2, 0.25) is 0 Å². The van der Waals surface area contributed by atoms with E-state index in [4.69, 9.17) is 5.73 Å². The Hall–Kier alpha value is -2.61. The van der Waals surface area contributed by atoms with E-state index in [0.29, 0.717) is 0 Å². The van der Waals surface area contributed by atoms with Crippen LogP contribution in [0.5, 0.6) is 0 Å². The first-order valence-corrected chi connectivity index (χ1v) is 9.09. The molecule has 0 spiro atoms. The number of carbonyl (C=O) groups is 1. The molecule has 0 aliphatic heterocycles. The highest BCUT2D eigenvalue weighted by molar-refractivity contribution is 5.90. The quantitative estimate of drug-likeness (QED) is 0.596. The van der Waals surface area contributed by atoms with Gasteiger partial charge in [0.25, 0.3) is 0 Å². The van der Waals surface area contributed by atoms with Crippen LogP contribution < -0.4 is 5.73 Å². The molecule has 1 aliphatic carbocycles. The molecule has 2 heteroatoms. The molecule has 128 valence electrons. The maximum Gasteiger partial charge on any atom is 0.241 e. The van der Waals surface area contributed by atoms with Crippen LogP contribution in [0, 0.1) is 0 Å². The standard InChI is InChI=1S/C23H25NO/c24-22(25)17-14-18-12-15-21(16-13-18)23(20-10-6-3-7-11-20)19-8-4-1-2-5-9-19/h3,6-7,10-17H,1-2,4-5,8-9H2,(H2,24,25)/b17-14+. The van der Waals surface area contributed by atoms with Gasteiger partial charge in [-0.1, -0.05) is 73.0 Å². The van der Waals surface area contributed by atoms with Crippen LogP contribution in [-0.2, 0) is 4.79 Å². The highest BCUT2D eigenvalue weighted by Gasteiger charge is 2.14. The van der Waals surface area contributed by atoms with Crippen molar-refractivity contribution in [1.29, 1.82) is 0 Å². The van der Waals surface area contributed by atoms with Gasteiger partial charge in [0.05, 0.1) is 0 Å². The van der Waals surface area contributed by atoms with E-state index in [-0.39, 0.29) is 0 Å². The molecule has 3 rings (SSSR count). The fraction of sp³-hybridized carbons (Fsp3) is 0.261. The zero-order valence-corrected chi connectivity index (χ0v) is 14.6. The van der Waals surface area contributed by atoms with Gasteiger partial charge < -0.3 is 5.73 Å². The predicted molar refractivity (Wildman–Crippen MR) is 105 cm³/mol. The molecule has 2 aromatic carbocycles. The number of allylic oxidation sites excluding steroid dienone is 1. The van der Waals surface area contributed by atoms with Crippen LogP contribution in [0.1, 0.15) is 55.2 Å². The lowest BCUT2D eigenvalue weighted by molar-refractivity contribution is -0.113. The Bertz CT molecular complexity index is 759. The van der Waals surface area contributed by atoms with Crippen LogP contribution in [0.3, 0.4) is 0 Å². The number of carbonyl (C=O) groups excluding carboxylic acids is 1. The zero-order valence-electron chi connectivity index (χ0n) is 14.6. The molecule has 0 saturated heterocycles. The van der Waals surface area contributed by atoms with Crippen molar-refractivity contribution < 1.29 is 4.79 Å². The van der Waals surface area contributed by atoms with Crippen LogP contribution in [0.25, 0.3) is 11.6 Å². The number of amides is 1. The molecule has 25 heavy (non-hydrogen) atoms. The topological polar surface area (TPSA) is 43.1 Å². The summed E-state index contributed by atoms with van der Waals surface area (Å²) < 4.78 is 0. The number of nitrogens with two attached hydrogens (primary N) is 1. The van der Waals surface area contributed by atoms with Crippen LogP contribution in [0.4, 0.5) is 0 Å². The Balaban J connectivity index is 2.00. The molecular weight excluding hydrogens is 306 g/mol. The van der Waals surface area contributed by atoms with Gasteiger partial charge in [-0.05, 0) is 54.0 Å². The van der Waals surface area contributed by atoms with Gasteiger partial charge in [0.2, 0.25) is 5.91 Å².